The van der Waals surface area contributed by atoms with E-state index in [2.05, 4.69) is 13.2 Å². The maximum absolute atomic E-state index is 12.4. The van der Waals surface area contributed by atoms with E-state index in [1.165, 1.54) is 0 Å². The summed E-state index contributed by atoms with van der Waals surface area (Å²) in [5, 5.41) is 0. The van der Waals surface area contributed by atoms with E-state index in [4.69, 9.17) is 9.47 Å². The molecule has 19 heavy (non-hydrogen) atoms. The van der Waals surface area contributed by atoms with Gasteiger partial charge < -0.3 is 9.47 Å². The van der Waals surface area contributed by atoms with E-state index >= 15 is 0 Å². The summed E-state index contributed by atoms with van der Waals surface area (Å²) in [6.45, 7) is 11.2. The van der Waals surface area contributed by atoms with Gasteiger partial charge in [-0.15, -0.1) is 6.58 Å². The Morgan fingerprint density at radius 2 is 1.68 bits per heavy atom. The Balaban J connectivity index is 3.47. The van der Waals surface area contributed by atoms with Gasteiger partial charge in [-0.3, -0.25) is 4.79 Å². The monoisotopic (exact) mass is 260 g/mol. The molecule has 0 saturated heterocycles. The van der Waals surface area contributed by atoms with Crippen LogP contribution >= 0.6 is 0 Å². The molecule has 1 aromatic rings. The minimum Gasteiger partial charge on any atom is -0.493 e. The number of allylic oxidation sites excluding steroid dienone is 2. The standard InChI is InChI=1S/C16H20O3/c1-7-11(4)16(17)13-9-15(19-6)14(18-5)8-12(13)10(2)3/h7-9,11H,1-2H2,3-6H3. The average molecular weight is 260 g/mol. The molecule has 0 aliphatic rings. The fourth-order valence-electron chi connectivity index (χ4n) is 1.79. The first-order chi connectivity index (χ1) is 8.96. The summed E-state index contributed by atoms with van der Waals surface area (Å²) in [4.78, 5) is 12.4. The van der Waals surface area contributed by atoms with Crippen LogP contribution in [-0.4, -0.2) is 20.0 Å². The number of Topliss-reactive ketones (excluding diaryl/α,β-unsaturated/α-hetero) is 1. The van der Waals surface area contributed by atoms with E-state index in [0.717, 1.165) is 11.1 Å². The van der Waals surface area contributed by atoms with Crippen LogP contribution in [0.3, 0.4) is 0 Å². The fourth-order valence-corrected chi connectivity index (χ4v) is 1.79. The van der Waals surface area contributed by atoms with Crippen molar-refractivity contribution in [2.75, 3.05) is 14.2 Å². The smallest absolute Gasteiger partial charge is 0.170 e. The molecule has 0 saturated carbocycles. The topological polar surface area (TPSA) is 35.5 Å². The van der Waals surface area contributed by atoms with E-state index in [9.17, 15) is 4.79 Å². The fraction of sp³-hybridized carbons (Fsp3) is 0.312. The number of methoxy groups -OCH3 is 2. The molecule has 1 rings (SSSR count). The van der Waals surface area contributed by atoms with Gasteiger partial charge in [0.25, 0.3) is 0 Å². The highest BCUT2D eigenvalue weighted by atomic mass is 16.5. The van der Waals surface area contributed by atoms with Crippen LogP contribution < -0.4 is 9.47 Å². The number of hydrogen-bond acceptors (Lipinski definition) is 3. The molecule has 0 radical (unpaired) electrons. The van der Waals surface area contributed by atoms with E-state index in [1.807, 2.05) is 13.8 Å². The molecule has 0 amide bonds. The first kappa shape index (κ1) is 15.0. The lowest BCUT2D eigenvalue weighted by molar-refractivity contribution is 0.0952. The molecule has 0 bridgehead atoms. The lowest BCUT2D eigenvalue weighted by atomic mass is 9.92. The molecule has 3 nitrogen and oxygen atoms in total. The maximum atomic E-state index is 12.4. The highest BCUT2D eigenvalue weighted by Crippen LogP contribution is 2.34. The van der Waals surface area contributed by atoms with Crippen molar-refractivity contribution >= 4 is 11.4 Å². The van der Waals surface area contributed by atoms with Crippen LogP contribution in [0, 0.1) is 5.92 Å². The second-order valence-electron chi connectivity index (χ2n) is 4.42. The lowest BCUT2D eigenvalue weighted by Crippen LogP contribution is -2.11. The summed E-state index contributed by atoms with van der Waals surface area (Å²) in [6.07, 6.45) is 1.63. The van der Waals surface area contributed by atoms with Crippen molar-refractivity contribution < 1.29 is 14.3 Å². The Morgan fingerprint density at radius 1 is 1.21 bits per heavy atom. The molecule has 0 fully saturated rings. The minimum absolute atomic E-state index is 0.00560. The van der Waals surface area contributed by atoms with Crippen molar-refractivity contribution in [2.45, 2.75) is 13.8 Å². The van der Waals surface area contributed by atoms with Crippen LogP contribution in [0.4, 0.5) is 0 Å². The van der Waals surface area contributed by atoms with Crippen molar-refractivity contribution in [2.24, 2.45) is 5.92 Å². The molecule has 1 unspecified atom stereocenters. The zero-order valence-electron chi connectivity index (χ0n) is 11.9. The van der Waals surface area contributed by atoms with Crippen LogP contribution in [-0.2, 0) is 0 Å². The van der Waals surface area contributed by atoms with Gasteiger partial charge in [0.05, 0.1) is 14.2 Å². The van der Waals surface area contributed by atoms with Crippen molar-refractivity contribution in [3.63, 3.8) is 0 Å². The van der Waals surface area contributed by atoms with Gasteiger partial charge in [-0.05, 0) is 24.6 Å². The maximum Gasteiger partial charge on any atom is 0.170 e. The third-order valence-electron chi connectivity index (χ3n) is 3.02. The van der Waals surface area contributed by atoms with Crippen LogP contribution in [0.5, 0.6) is 11.5 Å². The van der Waals surface area contributed by atoms with Crippen LogP contribution in [0.25, 0.3) is 5.57 Å². The van der Waals surface area contributed by atoms with E-state index in [0.29, 0.717) is 17.1 Å². The SMILES string of the molecule is C=CC(C)C(=O)c1cc(OC)c(OC)cc1C(=C)C. The van der Waals surface area contributed by atoms with Crippen molar-refractivity contribution in [3.05, 3.63) is 42.5 Å². The molecule has 3 heteroatoms. The molecule has 0 heterocycles. The molecule has 0 spiro atoms. The summed E-state index contributed by atoms with van der Waals surface area (Å²) in [7, 11) is 3.11. The van der Waals surface area contributed by atoms with E-state index in [1.54, 1.807) is 32.4 Å². The van der Waals surface area contributed by atoms with Gasteiger partial charge in [0.15, 0.2) is 17.3 Å². The highest BCUT2D eigenvalue weighted by Gasteiger charge is 2.20. The molecule has 102 valence electrons. The van der Waals surface area contributed by atoms with Crippen molar-refractivity contribution in [1.29, 1.82) is 0 Å². The summed E-state index contributed by atoms with van der Waals surface area (Å²) in [5.74, 6) is 0.862. The predicted octanol–water partition coefficient (Wildman–Crippen LogP) is 3.74. The van der Waals surface area contributed by atoms with Crippen LogP contribution in [0.1, 0.15) is 29.8 Å². The Kier molecular flexibility index (Phi) is 4.93. The van der Waals surface area contributed by atoms with Gasteiger partial charge in [-0.1, -0.05) is 25.2 Å². The lowest BCUT2D eigenvalue weighted by Gasteiger charge is -2.15. The summed E-state index contributed by atoms with van der Waals surface area (Å²) in [5.41, 5.74) is 2.16. The van der Waals surface area contributed by atoms with Gasteiger partial charge in [-0.25, -0.2) is 0 Å². The largest absolute Gasteiger partial charge is 0.493 e. The molecular formula is C16H20O3. The van der Waals surface area contributed by atoms with Gasteiger partial charge in [-0.2, -0.15) is 0 Å². The molecule has 0 aliphatic carbocycles. The minimum atomic E-state index is -0.254. The Morgan fingerprint density at radius 3 is 2.05 bits per heavy atom. The third-order valence-corrected chi connectivity index (χ3v) is 3.02. The summed E-state index contributed by atoms with van der Waals surface area (Å²) < 4.78 is 10.5. The van der Waals surface area contributed by atoms with Gasteiger partial charge in [0, 0.05) is 11.5 Å². The predicted molar refractivity (Wildman–Crippen MR) is 77.9 cm³/mol. The summed E-state index contributed by atoms with van der Waals surface area (Å²) >= 11 is 0. The van der Waals surface area contributed by atoms with Crippen molar-refractivity contribution in [3.8, 4) is 11.5 Å². The zero-order chi connectivity index (χ0) is 14.6. The Labute approximate surface area is 114 Å². The average Bonchev–Trinajstić information content (AvgIpc) is 2.43. The first-order valence-electron chi connectivity index (χ1n) is 6.04. The molecule has 0 aromatic heterocycles. The molecule has 1 atom stereocenters. The number of carbonyl (C=O) groups is 1. The number of ether oxygens (including phenoxy) is 2. The number of benzene rings is 1. The summed E-state index contributed by atoms with van der Waals surface area (Å²) in [6, 6.07) is 3.48. The zero-order valence-corrected chi connectivity index (χ0v) is 11.9. The Bertz CT molecular complexity index is 515. The molecule has 1 aromatic carbocycles. The highest BCUT2D eigenvalue weighted by molar-refractivity contribution is 6.03. The number of carbonyl (C=O) groups excluding carboxylic acids is 1. The molecule has 0 aliphatic heterocycles. The van der Waals surface area contributed by atoms with Gasteiger partial charge in [0.1, 0.15) is 0 Å². The number of rotatable bonds is 6. The van der Waals surface area contributed by atoms with Crippen molar-refractivity contribution in [1.82, 2.24) is 0 Å². The second-order valence-corrected chi connectivity index (χ2v) is 4.42. The number of hydrogen-bond donors (Lipinski definition) is 0. The first-order valence-corrected chi connectivity index (χ1v) is 6.04. The van der Waals surface area contributed by atoms with E-state index in [-0.39, 0.29) is 11.7 Å². The van der Waals surface area contributed by atoms with E-state index < -0.39 is 0 Å². The number of ketones is 1. The van der Waals surface area contributed by atoms with Gasteiger partial charge >= 0.3 is 0 Å². The normalized spacial score (nSPS) is 11.6. The van der Waals surface area contributed by atoms with Crippen LogP contribution in [0.15, 0.2) is 31.4 Å². The third kappa shape index (κ3) is 3.05. The Hall–Kier alpha value is -2.03. The van der Waals surface area contributed by atoms with Gasteiger partial charge in [0.2, 0.25) is 0 Å². The van der Waals surface area contributed by atoms with Crippen LogP contribution in [0.2, 0.25) is 0 Å². The second kappa shape index (κ2) is 6.23. The molecular weight excluding hydrogens is 240 g/mol. The molecule has 0 N–H and O–H groups in total. The quantitative estimate of drug-likeness (QED) is 0.577.